The van der Waals surface area contributed by atoms with E-state index in [0.717, 1.165) is 17.7 Å². The average Bonchev–Trinajstić information content (AvgIpc) is 2.63. The van der Waals surface area contributed by atoms with Gasteiger partial charge < -0.3 is 19.9 Å². The number of ether oxygens (including phenoxy) is 2. The lowest BCUT2D eigenvalue weighted by Gasteiger charge is -2.13. The third-order valence-corrected chi connectivity index (χ3v) is 3.72. The molecule has 2 aromatic carbocycles. The fraction of sp³-hybridized carbons (Fsp3) is 0.368. The molecule has 2 rings (SSSR count). The predicted octanol–water partition coefficient (Wildman–Crippen LogP) is 3.77. The maximum absolute atomic E-state index is 12.8. The number of benzene rings is 2. The molecule has 0 unspecified atom stereocenters. The highest BCUT2D eigenvalue weighted by Gasteiger charge is 2.30. The van der Waals surface area contributed by atoms with E-state index in [1.165, 1.54) is 13.2 Å². The molecule has 7 heteroatoms. The summed E-state index contributed by atoms with van der Waals surface area (Å²) in [6.45, 7) is 1.46. The van der Waals surface area contributed by atoms with Crippen LogP contribution in [0.4, 0.5) is 13.2 Å². The van der Waals surface area contributed by atoms with Gasteiger partial charge >= 0.3 is 6.18 Å². The zero-order valence-corrected chi connectivity index (χ0v) is 14.5. The molecule has 0 radical (unpaired) electrons. The van der Waals surface area contributed by atoms with Crippen molar-refractivity contribution in [2.45, 2.75) is 25.7 Å². The highest BCUT2D eigenvalue weighted by molar-refractivity contribution is 5.43. The first-order chi connectivity index (χ1) is 12.4. The van der Waals surface area contributed by atoms with Crippen LogP contribution in [0.1, 0.15) is 23.1 Å². The molecule has 0 spiro atoms. The summed E-state index contributed by atoms with van der Waals surface area (Å²) in [4.78, 5) is 0. The predicted molar refractivity (Wildman–Crippen MR) is 92.2 cm³/mol. The van der Waals surface area contributed by atoms with Gasteiger partial charge in [0.15, 0.2) is 11.5 Å². The lowest BCUT2D eigenvalue weighted by Crippen LogP contribution is -2.15. The van der Waals surface area contributed by atoms with Crippen LogP contribution in [0, 0.1) is 0 Å². The van der Waals surface area contributed by atoms with Crippen LogP contribution in [0.25, 0.3) is 0 Å². The molecule has 0 saturated heterocycles. The Labute approximate surface area is 150 Å². The molecular formula is C19H22F3NO3. The van der Waals surface area contributed by atoms with Crippen molar-refractivity contribution >= 4 is 0 Å². The van der Waals surface area contributed by atoms with E-state index in [1.54, 1.807) is 12.1 Å². The van der Waals surface area contributed by atoms with E-state index < -0.39 is 11.7 Å². The number of alkyl halides is 3. The molecule has 0 bridgehead atoms. The highest BCUT2D eigenvalue weighted by atomic mass is 19.4. The Morgan fingerprint density at radius 2 is 1.85 bits per heavy atom. The van der Waals surface area contributed by atoms with E-state index in [1.807, 2.05) is 12.1 Å². The zero-order valence-electron chi connectivity index (χ0n) is 14.5. The third-order valence-electron chi connectivity index (χ3n) is 3.72. The summed E-state index contributed by atoms with van der Waals surface area (Å²) in [7, 11) is 1.51. The van der Waals surface area contributed by atoms with Gasteiger partial charge in [0.05, 0.1) is 12.7 Å². The maximum atomic E-state index is 12.8. The quantitative estimate of drug-likeness (QED) is 0.661. The Morgan fingerprint density at radius 3 is 2.54 bits per heavy atom. The van der Waals surface area contributed by atoms with E-state index in [2.05, 4.69) is 5.32 Å². The van der Waals surface area contributed by atoms with Crippen LogP contribution in [0.3, 0.4) is 0 Å². The smallest absolute Gasteiger partial charge is 0.416 e. The van der Waals surface area contributed by atoms with Crippen molar-refractivity contribution in [2.24, 2.45) is 0 Å². The molecule has 0 aromatic heterocycles. The van der Waals surface area contributed by atoms with Crippen LogP contribution < -0.4 is 14.8 Å². The summed E-state index contributed by atoms with van der Waals surface area (Å²) in [5.41, 5.74) is 0.706. The number of hydrogen-bond donors (Lipinski definition) is 2. The first-order valence-corrected chi connectivity index (χ1v) is 8.21. The fourth-order valence-corrected chi connectivity index (χ4v) is 2.38. The number of methoxy groups -OCH3 is 1. The largest absolute Gasteiger partial charge is 0.493 e. The summed E-state index contributed by atoms with van der Waals surface area (Å²) in [5, 5.41) is 11.9. The molecule has 2 aromatic rings. The molecule has 142 valence electrons. The Kier molecular flexibility index (Phi) is 7.29. The lowest BCUT2D eigenvalue weighted by atomic mass is 10.1. The van der Waals surface area contributed by atoms with Crippen molar-refractivity contribution < 1.29 is 27.8 Å². The zero-order chi connectivity index (χ0) is 19.0. The molecule has 0 saturated carbocycles. The minimum atomic E-state index is -4.38. The SMILES string of the molecule is COc1cc(CNCCCO)ccc1OCc1cccc(C(F)(F)F)c1. The van der Waals surface area contributed by atoms with E-state index in [4.69, 9.17) is 14.6 Å². The summed E-state index contributed by atoms with van der Waals surface area (Å²) in [5.74, 6) is 0.974. The number of rotatable bonds is 9. The molecule has 0 heterocycles. The minimum Gasteiger partial charge on any atom is -0.493 e. The van der Waals surface area contributed by atoms with Crippen molar-refractivity contribution in [3.05, 3.63) is 59.2 Å². The second kappa shape index (κ2) is 9.45. The van der Waals surface area contributed by atoms with Crippen molar-refractivity contribution in [3.8, 4) is 11.5 Å². The molecule has 0 atom stereocenters. The molecule has 0 aliphatic carbocycles. The Balaban J connectivity index is 2.01. The van der Waals surface area contributed by atoms with Gasteiger partial charge in [0.25, 0.3) is 0 Å². The van der Waals surface area contributed by atoms with Crippen LogP contribution in [-0.2, 0) is 19.3 Å². The molecule has 0 amide bonds. The van der Waals surface area contributed by atoms with E-state index in [-0.39, 0.29) is 13.2 Å². The normalized spacial score (nSPS) is 11.4. The summed E-state index contributed by atoms with van der Waals surface area (Å²) >= 11 is 0. The van der Waals surface area contributed by atoms with Gasteiger partial charge in [0, 0.05) is 13.2 Å². The van der Waals surface area contributed by atoms with Gasteiger partial charge in [0.2, 0.25) is 0 Å². The lowest BCUT2D eigenvalue weighted by molar-refractivity contribution is -0.137. The summed E-state index contributed by atoms with van der Waals surface area (Å²) < 4.78 is 49.2. The number of nitrogens with one attached hydrogen (secondary N) is 1. The van der Waals surface area contributed by atoms with Crippen LogP contribution in [0.2, 0.25) is 0 Å². The minimum absolute atomic E-state index is 0.00831. The topological polar surface area (TPSA) is 50.7 Å². The summed E-state index contributed by atoms with van der Waals surface area (Å²) in [6.07, 6.45) is -3.70. The highest BCUT2D eigenvalue weighted by Crippen LogP contribution is 2.31. The number of aliphatic hydroxyl groups excluding tert-OH is 1. The van der Waals surface area contributed by atoms with Gasteiger partial charge in [-0.25, -0.2) is 0 Å². The van der Waals surface area contributed by atoms with Crippen LogP contribution in [-0.4, -0.2) is 25.4 Å². The van der Waals surface area contributed by atoms with Crippen LogP contribution >= 0.6 is 0 Å². The van der Waals surface area contributed by atoms with Crippen molar-refractivity contribution in [3.63, 3.8) is 0 Å². The number of halogens is 3. The Morgan fingerprint density at radius 1 is 1.04 bits per heavy atom. The van der Waals surface area contributed by atoms with Crippen molar-refractivity contribution in [1.29, 1.82) is 0 Å². The molecule has 0 aliphatic heterocycles. The van der Waals surface area contributed by atoms with E-state index in [0.29, 0.717) is 36.6 Å². The molecule has 2 N–H and O–H groups in total. The number of aliphatic hydroxyl groups is 1. The third kappa shape index (κ3) is 5.93. The van der Waals surface area contributed by atoms with E-state index in [9.17, 15) is 13.2 Å². The van der Waals surface area contributed by atoms with Gasteiger partial charge in [0.1, 0.15) is 6.61 Å². The summed E-state index contributed by atoms with van der Waals surface area (Å²) in [6, 6.07) is 10.5. The van der Waals surface area contributed by atoms with Gasteiger partial charge in [-0.3, -0.25) is 0 Å². The van der Waals surface area contributed by atoms with Gasteiger partial charge in [-0.2, -0.15) is 13.2 Å². The van der Waals surface area contributed by atoms with Crippen molar-refractivity contribution in [2.75, 3.05) is 20.3 Å². The molecule has 0 aliphatic rings. The number of hydrogen-bond acceptors (Lipinski definition) is 4. The monoisotopic (exact) mass is 369 g/mol. The second-order valence-corrected chi connectivity index (χ2v) is 5.73. The standard InChI is InChI=1S/C19H22F3NO3/c1-25-18-11-14(12-23-8-3-9-24)6-7-17(18)26-13-15-4-2-5-16(10-15)19(20,21)22/h2,4-7,10-11,23-24H,3,8-9,12-13H2,1H3. The Hall–Kier alpha value is -2.25. The average molecular weight is 369 g/mol. The molecule has 0 fully saturated rings. The van der Waals surface area contributed by atoms with E-state index >= 15 is 0 Å². The fourth-order valence-electron chi connectivity index (χ4n) is 2.38. The molecular weight excluding hydrogens is 347 g/mol. The molecule has 4 nitrogen and oxygen atoms in total. The van der Waals surface area contributed by atoms with Gasteiger partial charge in [-0.05, 0) is 48.4 Å². The first kappa shape index (κ1) is 20.1. The van der Waals surface area contributed by atoms with Gasteiger partial charge in [-0.15, -0.1) is 0 Å². The van der Waals surface area contributed by atoms with Crippen LogP contribution in [0.15, 0.2) is 42.5 Å². The molecule has 26 heavy (non-hydrogen) atoms. The van der Waals surface area contributed by atoms with Crippen LogP contribution in [0.5, 0.6) is 11.5 Å². The first-order valence-electron chi connectivity index (χ1n) is 8.21. The Bertz CT molecular complexity index is 705. The second-order valence-electron chi connectivity index (χ2n) is 5.73. The maximum Gasteiger partial charge on any atom is 0.416 e. The van der Waals surface area contributed by atoms with Gasteiger partial charge in [-0.1, -0.05) is 18.2 Å². The van der Waals surface area contributed by atoms with Crippen molar-refractivity contribution in [1.82, 2.24) is 5.32 Å².